The zero-order valence-electron chi connectivity index (χ0n) is 52.0. The van der Waals surface area contributed by atoms with Gasteiger partial charge in [0.2, 0.25) is 0 Å². The summed E-state index contributed by atoms with van der Waals surface area (Å²) in [5.41, 5.74) is 0. The maximum Gasteiger partial charge on any atom is 0.306 e. The van der Waals surface area contributed by atoms with Crippen molar-refractivity contribution in [3.8, 4) is 0 Å². The van der Waals surface area contributed by atoms with Crippen LogP contribution in [0.15, 0.2) is 134 Å². The van der Waals surface area contributed by atoms with Gasteiger partial charge in [-0.3, -0.25) is 14.4 Å². The summed E-state index contributed by atoms with van der Waals surface area (Å²) in [7, 11) is 0. The molecule has 6 nitrogen and oxygen atoms in total. The summed E-state index contributed by atoms with van der Waals surface area (Å²) in [6, 6.07) is 0. The molecule has 0 aromatic heterocycles. The molecule has 0 amide bonds. The number of ether oxygens (including phenoxy) is 3. The van der Waals surface area contributed by atoms with Crippen molar-refractivity contribution >= 4 is 17.9 Å². The molecule has 1 atom stereocenters. The first-order valence-electron chi connectivity index (χ1n) is 33.2. The zero-order chi connectivity index (χ0) is 57.8. The summed E-state index contributed by atoms with van der Waals surface area (Å²) in [6.07, 6.45) is 94.5. The van der Waals surface area contributed by atoms with E-state index < -0.39 is 6.10 Å². The maximum atomic E-state index is 12.9. The first-order chi connectivity index (χ1) is 39.5. The second kappa shape index (κ2) is 67.1. The van der Waals surface area contributed by atoms with Gasteiger partial charge in [-0.05, 0) is 141 Å². The minimum Gasteiger partial charge on any atom is -0.462 e. The molecule has 454 valence electrons. The highest BCUT2D eigenvalue weighted by Gasteiger charge is 2.19. The van der Waals surface area contributed by atoms with Crippen LogP contribution in [0, 0.1) is 0 Å². The van der Waals surface area contributed by atoms with Crippen LogP contribution in [0.25, 0.3) is 0 Å². The number of hydrogen-bond donors (Lipinski definition) is 0. The monoisotopic (exact) mass is 1110 g/mol. The first kappa shape index (κ1) is 75.5. The molecule has 0 aliphatic rings. The fourth-order valence-corrected chi connectivity index (χ4v) is 8.89. The summed E-state index contributed by atoms with van der Waals surface area (Å²) in [6.45, 7) is 6.48. The van der Waals surface area contributed by atoms with Gasteiger partial charge in [0.05, 0.1) is 0 Å². The highest BCUT2D eigenvalue weighted by molar-refractivity contribution is 5.71. The second-order valence-electron chi connectivity index (χ2n) is 21.6. The lowest BCUT2D eigenvalue weighted by molar-refractivity contribution is -0.167. The van der Waals surface area contributed by atoms with E-state index in [2.05, 4.69) is 154 Å². The van der Waals surface area contributed by atoms with Crippen molar-refractivity contribution in [3.05, 3.63) is 134 Å². The van der Waals surface area contributed by atoms with E-state index in [1.165, 1.54) is 96.3 Å². The molecule has 0 saturated carbocycles. The molecule has 0 bridgehead atoms. The smallest absolute Gasteiger partial charge is 0.306 e. The van der Waals surface area contributed by atoms with E-state index in [4.69, 9.17) is 14.2 Å². The van der Waals surface area contributed by atoms with Crippen molar-refractivity contribution in [2.24, 2.45) is 0 Å². The Morgan fingerprint density at radius 2 is 0.487 bits per heavy atom. The molecular weight excluding hydrogens is 985 g/mol. The Balaban J connectivity index is 4.47. The molecule has 0 saturated heterocycles. The molecule has 1 unspecified atom stereocenters. The van der Waals surface area contributed by atoms with E-state index >= 15 is 0 Å². The van der Waals surface area contributed by atoms with E-state index in [1.807, 2.05) is 0 Å². The van der Waals surface area contributed by atoms with Crippen molar-refractivity contribution in [1.82, 2.24) is 0 Å². The molecule has 0 heterocycles. The van der Waals surface area contributed by atoms with E-state index in [1.54, 1.807) is 0 Å². The minimum absolute atomic E-state index is 0.0990. The van der Waals surface area contributed by atoms with Crippen LogP contribution >= 0.6 is 0 Å². The molecule has 0 rings (SSSR count). The van der Waals surface area contributed by atoms with Crippen LogP contribution in [0.1, 0.15) is 297 Å². The highest BCUT2D eigenvalue weighted by Crippen LogP contribution is 2.15. The van der Waals surface area contributed by atoms with Crippen LogP contribution in [0.5, 0.6) is 0 Å². The van der Waals surface area contributed by atoms with Crippen LogP contribution < -0.4 is 0 Å². The Morgan fingerprint density at radius 3 is 0.775 bits per heavy atom. The number of carbonyl (C=O) groups excluding carboxylic acids is 3. The van der Waals surface area contributed by atoms with Gasteiger partial charge in [0, 0.05) is 19.3 Å². The third-order valence-corrected chi connectivity index (χ3v) is 13.9. The number of rotatable bonds is 59. The van der Waals surface area contributed by atoms with Crippen LogP contribution in [0.4, 0.5) is 0 Å². The summed E-state index contributed by atoms with van der Waals surface area (Å²) >= 11 is 0. The topological polar surface area (TPSA) is 78.9 Å². The Morgan fingerprint density at radius 1 is 0.263 bits per heavy atom. The van der Waals surface area contributed by atoms with Gasteiger partial charge in [-0.2, -0.15) is 0 Å². The molecule has 0 fully saturated rings. The number of carbonyl (C=O) groups is 3. The van der Waals surface area contributed by atoms with Crippen LogP contribution in [-0.2, 0) is 28.6 Å². The third kappa shape index (κ3) is 64.4. The number of unbranched alkanes of at least 4 members (excludes halogenated alkanes) is 26. The third-order valence-electron chi connectivity index (χ3n) is 13.9. The summed E-state index contributed by atoms with van der Waals surface area (Å²) in [4.78, 5) is 38.4. The van der Waals surface area contributed by atoms with Crippen molar-refractivity contribution in [3.63, 3.8) is 0 Å². The van der Waals surface area contributed by atoms with Gasteiger partial charge in [-0.1, -0.05) is 270 Å². The average molecular weight is 1110 g/mol. The Kier molecular flexibility index (Phi) is 63.3. The molecule has 6 heteroatoms. The standard InChI is InChI=1S/C74H122O6/c1-4-7-10-13-16-19-22-25-28-31-33-35-36-37-38-40-41-43-46-49-52-55-58-61-64-67-73(76)79-70-71(69-78-72(75)66-63-60-57-54-51-48-45-30-27-24-21-18-15-12-9-6-3)80-74(77)68-65-62-59-56-53-50-47-44-42-39-34-32-29-26-23-20-17-14-11-8-5-2/h7,10,16,19,21,23-26,28,30,32-35,37-38,41-45,71H,4-6,8-9,11-15,17-18,20,22,27,29,31,36,39-40,46-70H2,1-3H3/b10-7-,19-16-,24-21-,26-23-,28-25-,34-32-,35-33-,38-37-,43-41-,44-42-,45-30-. The van der Waals surface area contributed by atoms with Crippen molar-refractivity contribution in [2.75, 3.05) is 13.2 Å². The zero-order valence-corrected chi connectivity index (χ0v) is 52.0. The quantitative estimate of drug-likeness (QED) is 0.0261. The van der Waals surface area contributed by atoms with E-state index in [0.29, 0.717) is 19.3 Å². The normalized spacial score (nSPS) is 13.0. The predicted octanol–water partition coefficient (Wildman–Crippen LogP) is 22.9. The highest BCUT2D eigenvalue weighted by atomic mass is 16.6. The van der Waals surface area contributed by atoms with Gasteiger partial charge >= 0.3 is 17.9 Å². The molecule has 0 radical (unpaired) electrons. The molecule has 0 spiro atoms. The van der Waals surface area contributed by atoms with E-state index in [9.17, 15) is 14.4 Å². The van der Waals surface area contributed by atoms with Crippen LogP contribution in [0.2, 0.25) is 0 Å². The van der Waals surface area contributed by atoms with Crippen molar-refractivity contribution in [2.45, 2.75) is 303 Å². The maximum absolute atomic E-state index is 12.9. The Hall–Kier alpha value is -4.45. The fourth-order valence-electron chi connectivity index (χ4n) is 8.89. The van der Waals surface area contributed by atoms with Gasteiger partial charge in [0.25, 0.3) is 0 Å². The lowest BCUT2D eigenvalue weighted by atomic mass is 10.1. The number of allylic oxidation sites excluding steroid dienone is 22. The van der Waals surface area contributed by atoms with Crippen molar-refractivity contribution in [1.29, 1.82) is 0 Å². The molecule has 0 aliphatic carbocycles. The number of esters is 3. The van der Waals surface area contributed by atoms with Gasteiger partial charge in [0.1, 0.15) is 13.2 Å². The largest absolute Gasteiger partial charge is 0.462 e. The Bertz CT molecular complexity index is 1700. The average Bonchev–Trinajstić information content (AvgIpc) is 3.46. The summed E-state index contributed by atoms with van der Waals surface area (Å²) < 4.78 is 16.9. The van der Waals surface area contributed by atoms with Gasteiger partial charge in [-0.25, -0.2) is 0 Å². The predicted molar refractivity (Wildman–Crippen MR) is 348 cm³/mol. The van der Waals surface area contributed by atoms with Crippen molar-refractivity contribution < 1.29 is 28.6 Å². The van der Waals surface area contributed by atoms with Crippen LogP contribution in [-0.4, -0.2) is 37.2 Å². The molecule has 0 aromatic rings. The second-order valence-corrected chi connectivity index (χ2v) is 21.6. The number of hydrogen-bond acceptors (Lipinski definition) is 6. The molecular formula is C74H122O6. The molecule has 0 aliphatic heterocycles. The van der Waals surface area contributed by atoms with Gasteiger partial charge < -0.3 is 14.2 Å². The Labute approximate surface area is 494 Å². The molecule has 0 N–H and O–H groups in total. The fraction of sp³-hybridized carbons (Fsp3) is 0.662. The van der Waals surface area contributed by atoms with E-state index in [0.717, 1.165) is 161 Å². The lowest BCUT2D eigenvalue weighted by Gasteiger charge is -2.18. The summed E-state index contributed by atoms with van der Waals surface area (Å²) in [5.74, 6) is -0.935. The molecule has 0 aromatic carbocycles. The minimum atomic E-state index is -0.804. The lowest BCUT2D eigenvalue weighted by Crippen LogP contribution is -2.30. The summed E-state index contributed by atoms with van der Waals surface area (Å²) in [5, 5.41) is 0. The van der Waals surface area contributed by atoms with Gasteiger partial charge in [-0.15, -0.1) is 0 Å². The van der Waals surface area contributed by atoms with Crippen LogP contribution in [0.3, 0.4) is 0 Å². The molecule has 80 heavy (non-hydrogen) atoms. The SMILES string of the molecule is CC/C=C\C/C=C\C/C=C\C/C=C\C/C=C\C/C=C\CCCCCCCCC(=O)OCC(COC(=O)CCCCCCC/C=C\C/C=C\CCCCCC)OC(=O)CCCCCCCC/C=C\C/C=C\C/C=C\CCCCCCC. The first-order valence-corrected chi connectivity index (χ1v) is 33.2. The van der Waals surface area contributed by atoms with Gasteiger partial charge in [0.15, 0.2) is 6.10 Å². The van der Waals surface area contributed by atoms with E-state index in [-0.39, 0.29) is 31.1 Å².